The molecular weight excluding hydrogens is 512 g/mol. The van der Waals surface area contributed by atoms with Gasteiger partial charge < -0.3 is 10.1 Å². The second-order valence-corrected chi connectivity index (χ2v) is 8.24. The van der Waals surface area contributed by atoms with Gasteiger partial charge in [-0.25, -0.2) is 10.2 Å². The van der Waals surface area contributed by atoms with Crippen LogP contribution in [0.4, 0.5) is 11.4 Å². The lowest BCUT2D eigenvalue weighted by molar-refractivity contribution is -0.384. The average Bonchev–Trinajstić information content (AvgIpc) is 2.97. The fourth-order valence-electron chi connectivity index (χ4n) is 3.48. The summed E-state index contributed by atoms with van der Waals surface area (Å²) in [5, 5.41) is 17.6. The van der Waals surface area contributed by atoms with E-state index in [-0.39, 0.29) is 22.9 Å². The lowest BCUT2D eigenvalue weighted by Gasteiger charge is -2.07. The Kier molecular flexibility index (Phi) is 8.86. The van der Waals surface area contributed by atoms with Crippen LogP contribution in [0, 0.1) is 10.1 Å². The summed E-state index contributed by atoms with van der Waals surface area (Å²) in [6, 6.07) is 27.5. The minimum atomic E-state index is -0.703. The number of nitrogens with zero attached hydrogens (tertiary/aromatic N) is 2. The Morgan fingerprint density at radius 2 is 1.52 bits per heavy atom. The maximum Gasteiger partial charge on any atom is 0.336 e. The number of rotatable bonds is 9. The molecule has 0 aliphatic carbocycles. The van der Waals surface area contributed by atoms with Crippen LogP contribution in [0.15, 0.2) is 114 Å². The molecule has 2 amide bonds. The summed E-state index contributed by atoms with van der Waals surface area (Å²) < 4.78 is 5.37. The Hall–Kier alpha value is -5.90. The number of ether oxygens (including phenoxy) is 1. The molecule has 0 radical (unpaired) electrons. The number of hydrazone groups is 1. The van der Waals surface area contributed by atoms with Crippen LogP contribution in [0.25, 0.3) is 6.08 Å². The van der Waals surface area contributed by atoms with Gasteiger partial charge in [0.05, 0.1) is 11.1 Å². The fraction of sp³-hybridized carbons (Fsp3) is 0. The zero-order valence-corrected chi connectivity index (χ0v) is 20.9. The van der Waals surface area contributed by atoms with Crippen molar-refractivity contribution < 1.29 is 24.0 Å². The van der Waals surface area contributed by atoms with Gasteiger partial charge in [0.2, 0.25) is 0 Å². The minimum absolute atomic E-state index is 0.0946. The van der Waals surface area contributed by atoms with Crippen LogP contribution >= 0.6 is 0 Å². The van der Waals surface area contributed by atoms with Gasteiger partial charge in [-0.3, -0.25) is 19.7 Å². The van der Waals surface area contributed by atoms with Crippen molar-refractivity contribution in [1.82, 2.24) is 5.43 Å². The van der Waals surface area contributed by atoms with Crippen LogP contribution in [0.2, 0.25) is 0 Å². The number of carbonyl (C=O) groups excluding carboxylic acids is 3. The van der Waals surface area contributed by atoms with Gasteiger partial charge in [0.15, 0.2) is 0 Å². The third kappa shape index (κ3) is 7.56. The van der Waals surface area contributed by atoms with Crippen molar-refractivity contribution in [3.8, 4) is 5.75 Å². The molecular formula is C30H22N4O6. The number of non-ortho nitro benzene ring substituents is 1. The van der Waals surface area contributed by atoms with Crippen molar-refractivity contribution in [3.05, 3.63) is 142 Å². The lowest BCUT2D eigenvalue weighted by atomic mass is 10.1. The maximum atomic E-state index is 12.6. The quantitative estimate of drug-likeness (QED) is 0.0753. The Balaban J connectivity index is 1.37. The lowest BCUT2D eigenvalue weighted by Crippen LogP contribution is -2.18. The number of amides is 2. The number of benzene rings is 4. The predicted octanol–water partition coefficient (Wildman–Crippen LogP) is 5.23. The van der Waals surface area contributed by atoms with E-state index in [1.54, 1.807) is 72.8 Å². The van der Waals surface area contributed by atoms with E-state index < -0.39 is 16.8 Å². The van der Waals surface area contributed by atoms with E-state index in [1.165, 1.54) is 36.6 Å². The first-order valence-electron chi connectivity index (χ1n) is 11.9. The van der Waals surface area contributed by atoms with Crippen molar-refractivity contribution in [1.29, 1.82) is 0 Å². The molecule has 0 unspecified atom stereocenters. The number of nitro groups is 1. The van der Waals surface area contributed by atoms with Gasteiger partial charge in [0.25, 0.3) is 17.5 Å². The molecule has 2 N–H and O–H groups in total. The van der Waals surface area contributed by atoms with Crippen LogP contribution in [0.5, 0.6) is 5.75 Å². The number of carbonyl (C=O) groups is 3. The van der Waals surface area contributed by atoms with Crippen molar-refractivity contribution in [3.63, 3.8) is 0 Å². The zero-order chi connectivity index (χ0) is 28.3. The molecule has 0 aliphatic heterocycles. The highest BCUT2D eigenvalue weighted by Crippen LogP contribution is 2.18. The second-order valence-electron chi connectivity index (χ2n) is 8.24. The van der Waals surface area contributed by atoms with Gasteiger partial charge in [-0.2, -0.15) is 5.10 Å². The molecule has 4 rings (SSSR count). The Morgan fingerprint density at radius 3 is 2.33 bits per heavy atom. The van der Waals surface area contributed by atoms with E-state index in [1.807, 2.05) is 6.07 Å². The first kappa shape index (κ1) is 27.1. The Bertz CT molecular complexity index is 1620. The number of nitro benzene ring substituents is 1. The van der Waals surface area contributed by atoms with Gasteiger partial charge in [-0.05, 0) is 54.1 Å². The van der Waals surface area contributed by atoms with Crippen LogP contribution < -0.4 is 15.5 Å². The van der Waals surface area contributed by atoms with Crippen LogP contribution in [-0.2, 0) is 4.79 Å². The van der Waals surface area contributed by atoms with Gasteiger partial charge in [-0.1, -0.05) is 48.5 Å². The number of para-hydroxylation sites is 1. The molecule has 10 heteroatoms. The summed E-state index contributed by atoms with van der Waals surface area (Å²) in [4.78, 5) is 47.7. The van der Waals surface area contributed by atoms with Gasteiger partial charge in [-0.15, -0.1) is 0 Å². The SMILES string of the molecule is O=C(/C=C/c1cccc([N+](=O)[O-])c1)Oc1ccccc1C=NNC(=O)c1cccc(NC(=O)c2ccccc2)c1. The van der Waals surface area contributed by atoms with E-state index in [0.29, 0.717) is 22.4 Å². The third-order valence-electron chi connectivity index (χ3n) is 5.41. The van der Waals surface area contributed by atoms with Gasteiger partial charge in [0.1, 0.15) is 5.75 Å². The molecule has 0 saturated heterocycles. The minimum Gasteiger partial charge on any atom is -0.423 e. The highest BCUT2D eigenvalue weighted by Gasteiger charge is 2.10. The predicted molar refractivity (Wildman–Crippen MR) is 150 cm³/mol. The first-order chi connectivity index (χ1) is 19.4. The highest BCUT2D eigenvalue weighted by molar-refractivity contribution is 6.05. The monoisotopic (exact) mass is 534 g/mol. The molecule has 0 bridgehead atoms. The fourth-order valence-corrected chi connectivity index (χ4v) is 3.48. The molecule has 4 aromatic rings. The smallest absolute Gasteiger partial charge is 0.336 e. The molecule has 198 valence electrons. The first-order valence-corrected chi connectivity index (χ1v) is 11.9. The number of hydrogen-bond acceptors (Lipinski definition) is 7. The van der Waals surface area contributed by atoms with Crippen molar-refractivity contribution in [2.75, 3.05) is 5.32 Å². The Labute approximate surface area is 228 Å². The van der Waals surface area contributed by atoms with E-state index in [9.17, 15) is 24.5 Å². The standard InChI is InChI=1S/C30H22N4O6/c35-28(17-16-21-8-6-14-26(18-21)34(38)39)40-27-15-5-4-11-24(27)20-31-33-30(37)23-12-7-13-25(19-23)32-29(36)22-9-2-1-3-10-22/h1-20H,(H,32,36)(H,33,37)/b17-16+,31-20?. The molecule has 0 aromatic heterocycles. The summed E-state index contributed by atoms with van der Waals surface area (Å²) in [6.07, 6.45) is 3.88. The van der Waals surface area contributed by atoms with E-state index in [4.69, 9.17) is 4.74 Å². The molecule has 40 heavy (non-hydrogen) atoms. The molecule has 0 fully saturated rings. The number of esters is 1. The second kappa shape index (κ2) is 13.1. The summed E-state index contributed by atoms with van der Waals surface area (Å²) in [6.45, 7) is 0. The summed E-state index contributed by atoms with van der Waals surface area (Å²) in [5.74, 6) is -1.32. The molecule has 4 aromatic carbocycles. The number of anilines is 1. The van der Waals surface area contributed by atoms with E-state index in [0.717, 1.165) is 6.08 Å². The molecule has 0 atom stereocenters. The van der Waals surface area contributed by atoms with Crippen LogP contribution in [-0.4, -0.2) is 28.9 Å². The summed E-state index contributed by atoms with van der Waals surface area (Å²) in [5.41, 5.74) is 4.40. The topological polar surface area (TPSA) is 140 Å². The van der Waals surface area contributed by atoms with Crippen molar-refractivity contribution in [2.24, 2.45) is 5.10 Å². The van der Waals surface area contributed by atoms with E-state index in [2.05, 4.69) is 15.8 Å². The average molecular weight is 535 g/mol. The van der Waals surface area contributed by atoms with Crippen molar-refractivity contribution >= 4 is 41.4 Å². The van der Waals surface area contributed by atoms with E-state index >= 15 is 0 Å². The molecule has 0 heterocycles. The van der Waals surface area contributed by atoms with Gasteiger partial charge >= 0.3 is 5.97 Å². The molecule has 0 aliphatic rings. The molecule has 0 saturated carbocycles. The maximum absolute atomic E-state index is 12.6. The largest absolute Gasteiger partial charge is 0.423 e. The molecule has 0 spiro atoms. The number of hydrogen-bond donors (Lipinski definition) is 2. The van der Waals surface area contributed by atoms with Gasteiger partial charge in [0, 0.05) is 40.6 Å². The summed E-state index contributed by atoms with van der Waals surface area (Å²) in [7, 11) is 0. The third-order valence-corrected chi connectivity index (χ3v) is 5.41. The normalized spacial score (nSPS) is 10.8. The zero-order valence-electron chi connectivity index (χ0n) is 20.9. The summed E-state index contributed by atoms with van der Waals surface area (Å²) >= 11 is 0. The molecule has 10 nitrogen and oxygen atoms in total. The highest BCUT2D eigenvalue weighted by atomic mass is 16.6. The van der Waals surface area contributed by atoms with Crippen molar-refractivity contribution in [2.45, 2.75) is 0 Å². The Morgan fingerprint density at radius 1 is 0.800 bits per heavy atom. The van der Waals surface area contributed by atoms with Crippen LogP contribution in [0.1, 0.15) is 31.8 Å². The van der Waals surface area contributed by atoms with Crippen LogP contribution in [0.3, 0.4) is 0 Å². The number of nitrogens with one attached hydrogen (secondary N) is 2.